The average Bonchev–Trinajstić information content (AvgIpc) is 2.72. The van der Waals surface area contributed by atoms with Crippen LogP contribution in [0.25, 0.3) is 0 Å². The van der Waals surface area contributed by atoms with Crippen LogP contribution in [-0.4, -0.2) is 38.6 Å². The zero-order chi connectivity index (χ0) is 14.8. The second kappa shape index (κ2) is 5.72. The zero-order valence-electron chi connectivity index (χ0n) is 13.1. The summed E-state index contributed by atoms with van der Waals surface area (Å²) < 4.78 is 0. The third-order valence-corrected chi connectivity index (χ3v) is 2.83. The number of aromatic amines is 1. The maximum Gasteiger partial charge on any atom is 0.293 e. The minimum absolute atomic E-state index is 0.101. The van der Waals surface area contributed by atoms with Crippen LogP contribution in [0.15, 0.2) is 0 Å². The van der Waals surface area contributed by atoms with Gasteiger partial charge in [-0.2, -0.15) is 0 Å². The van der Waals surface area contributed by atoms with Crippen LogP contribution in [0, 0.1) is 5.92 Å². The van der Waals surface area contributed by atoms with E-state index in [4.69, 9.17) is 0 Å². The van der Waals surface area contributed by atoms with E-state index in [1.807, 2.05) is 39.5 Å². The fourth-order valence-electron chi connectivity index (χ4n) is 1.74. The third kappa shape index (κ3) is 4.04. The van der Waals surface area contributed by atoms with Gasteiger partial charge in [-0.3, -0.25) is 9.89 Å². The fraction of sp³-hybridized carbons (Fsp3) is 0.786. The van der Waals surface area contributed by atoms with Crippen LogP contribution in [0.1, 0.15) is 64.9 Å². The van der Waals surface area contributed by atoms with E-state index in [1.165, 1.54) is 0 Å². The van der Waals surface area contributed by atoms with Gasteiger partial charge >= 0.3 is 0 Å². The molecule has 108 valence electrons. The first-order valence-electron chi connectivity index (χ1n) is 6.86. The Morgan fingerprint density at radius 3 is 2.21 bits per heavy atom. The summed E-state index contributed by atoms with van der Waals surface area (Å²) in [6, 6.07) is 0.145. The van der Waals surface area contributed by atoms with E-state index >= 15 is 0 Å². The van der Waals surface area contributed by atoms with E-state index in [9.17, 15) is 4.79 Å². The Balaban J connectivity index is 2.94. The maximum atomic E-state index is 12.4. The molecular formula is C14H26N4O. The standard InChI is InChI=1S/C14H26N4O/c1-9(2)8-18(10(3)4)12(19)11-15-13(17-16-11)14(5,6)7/h9-10H,8H2,1-7H3,(H,15,16,17). The molecule has 0 fully saturated rings. The van der Waals surface area contributed by atoms with E-state index in [2.05, 4.69) is 29.0 Å². The summed E-state index contributed by atoms with van der Waals surface area (Å²) in [5.74, 6) is 1.33. The molecule has 1 rings (SSSR count). The summed E-state index contributed by atoms with van der Waals surface area (Å²) in [6.07, 6.45) is 0. The van der Waals surface area contributed by atoms with E-state index < -0.39 is 0 Å². The molecule has 0 aliphatic heterocycles. The molecule has 1 N–H and O–H groups in total. The van der Waals surface area contributed by atoms with Crippen molar-refractivity contribution in [2.45, 2.75) is 59.9 Å². The average molecular weight is 266 g/mol. The largest absolute Gasteiger partial charge is 0.333 e. The molecule has 0 atom stereocenters. The molecule has 0 aromatic carbocycles. The van der Waals surface area contributed by atoms with Crippen LogP contribution in [-0.2, 0) is 5.41 Å². The summed E-state index contributed by atoms with van der Waals surface area (Å²) >= 11 is 0. The lowest BCUT2D eigenvalue weighted by Crippen LogP contribution is -2.40. The number of hydrogen-bond donors (Lipinski definition) is 1. The number of carbonyl (C=O) groups is 1. The molecule has 0 bridgehead atoms. The summed E-state index contributed by atoms with van der Waals surface area (Å²) in [5.41, 5.74) is -0.133. The summed E-state index contributed by atoms with van der Waals surface area (Å²) in [5, 5.41) is 6.93. The number of carbonyl (C=O) groups excluding carboxylic acids is 1. The van der Waals surface area contributed by atoms with Gasteiger partial charge in [0.1, 0.15) is 5.82 Å². The number of rotatable bonds is 4. The Hall–Kier alpha value is -1.39. The van der Waals surface area contributed by atoms with Gasteiger partial charge in [0.05, 0.1) is 0 Å². The van der Waals surface area contributed by atoms with E-state index in [0.717, 1.165) is 12.4 Å². The first-order chi connectivity index (χ1) is 8.62. The van der Waals surface area contributed by atoms with Crippen molar-refractivity contribution in [1.29, 1.82) is 0 Å². The van der Waals surface area contributed by atoms with Crippen molar-refractivity contribution in [3.8, 4) is 0 Å². The number of nitrogens with zero attached hydrogens (tertiary/aromatic N) is 3. The molecule has 1 heterocycles. The zero-order valence-corrected chi connectivity index (χ0v) is 13.1. The normalized spacial score (nSPS) is 12.3. The fourth-order valence-corrected chi connectivity index (χ4v) is 1.74. The van der Waals surface area contributed by atoms with Gasteiger partial charge in [0.15, 0.2) is 0 Å². The van der Waals surface area contributed by atoms with Gasteiger partial charge in [-0.05, 0) is 19.8 Å². The highest BCUT2D eigenvalue weighted by Gasteiger charge is 2.26. The van der Waals surface area contributed by atoms with Crippen LogP contribution in [0.5, 0.6) is 0 Å². The number of H-pyrrole nitrogens is 1. The Morgan fingerprint density at radius 2 is 1.84 bits per heavy atom. The minimum Gasteiger partial charge on any atom is -0.333 e. The topological polar surface area (TPSA) is 61.9 Å². The van der Waals surface area contributed by atoms with Gasteiger partial charge in [-0.25, -0.2) is 4.98 Å². The van der Waals surface area contributed by atoms with Crippen molar-refractivity contribution in [1.82, 2.24) is 20.1 Å². The van der Waals surface area contributed by atoms with Crippen molar-refractivity contribution in [2.75, 3.05) is 6.54 Å². The van der Waals surface area contributed by atoms with E-state index in [-0.39, 0.29) is 23.2 Å². The third-order valence-electron chi connectivity index (χ3n) is 2.83. The van der Waals surface area contributed by atoms with Gasteiger partial charge < -0.3 is 4.90 Å². The molecule has 0 unspecified atom stereocenters. The molecule has 0 aliphatic rings. The van der Waals surface area contributed by atoms with Crippen molar-refractivity contribution in [2.24, 2.45) is 5.92 Å². The van der Waals surface area contributed by atoms with Crippen LogP contribution in [0.4, 0.5) is 0 Å². The number of hydrogen-bond acceptors (Lipinski definition) is 3. The van der Waals surface area contributed by atoms with Crippen molar-refractivity contribution in [3.05, 3.63) is 11.6 Å². The van der Waals surface area contributed by atoms with E-state index in [0.29, 0.717) is 5.92 Å². The van der Waals surface area contributed by atoms with Crippen LogP contribution in [0.3, 0.4) is 0 Å². The SMILES string of the molecule is CC(C)CN(C(=O)c1n[nH]c(C(C)(C)C)n1)C(C)C. The predicted octanol–water partition coefficient (Wildman–Crippen LogP) is 2.61. The Bertz CT molecular complexity index is 429. The summed E-state index contributed by atoms with van der Waals surface area (Å²) in [4.78, 5) is 18.6. The highest BCUT2D eigenvalue weighted by Crippen LogP contribution is 2.18. The van der Waals surface area contributed by atoms with Crippen LogP contribution >= 0.6 is 0 Å². The molecule has 0 saturated carbocycles. The summed E-state index contributed by atoms with van der Waals surface area (Å²) in [7, 11) is 0. The first-order valence-corrected chi connectivity index (χ1v) is 6.86. The highest BCUT2D eigenvalue weighted by atomic mass is 16.2. The molecule has 0 radical (unpaired) electrons. The Morgan fingerprint density at radius 1 is 1.26 bits per heavy atom. The Labute approximate surface area is 115 Å². The highest BCUT2D eigenvalue weighted by molar-refractivity contribution is 5.90. The number of nitrogens with one attached hydrogen (secondary N) is 1. The monoisotopic (exact) mass is 266 g/mol. The van der Waals surface area contributed by atoms with Crippen LogP contribution in [0.2, 0.25) is 0 Å². The molecule has 1 amide bonds. The van der Waals surface area contributed by atoms with Crippen molar-refractivity contribution >= 4 is 5.91 Å². The summed E-state index contributed by atoms with van der Waals surface area (Å²) in [6.45, 7) is 15.1. The second-order valence-corrected chi connectivity index (χ2v) is 6.70. The maximum absolute atomic E-state index is 12.4. The molecule has 1 aromatic heterocycles. The van der Waals surface area contributed by atoms with Gasteiger partial charge in [0.25, 0.3) is 5.91 Å². The molecule has 0 spiro atoms. The van der Waals surface area contributed by atoms with Gasteiger partial charge in [0, 0.05) is 18.0 Å². The second-order valence-electron chi connectivity index (χ2n) is 6.70. The number of amides is 1. The predicted molar refractivity (Wildman–Crippen MR) is 76.1 cm³/mol. The molecule has 0 aliphatic carbocycles. The lowest BCUT2D eigenvalue weighted by Gasteiger charge is -2.27. The van der Waals surface area contributed by atoms with Crippen molar-refractivity contribution < 1.29 is 4.79 Å². The van der Waals surface area contributed by atoms with Gasteiger partial charge in [-0.15, -0.1) is 5.10 Å². The molecule has 1 aromatic rings. The number of aromatic nitrogens is 3. The van der Waals surface area contributed by atoms with Crippen molar-refractivity contribution in [3.63, 3.8) is 0 Å². The molecule has 5 heteroatoms. The Kier molecular flexibility index (Phi) is 4.71. The smallest absolute Gasteiger partial charge is 0.293 e. The molecule has 5 nitrogen and oxygen atoms in total. The first kappa shape index (κ1) is 15.7. The van der Waals surface area contributed by atoms with Gasteiger partial charge in [0.2, 0.25) is 5.82 Å². The van der Waals surface area contributed by atoms with Crippen LogP contribution < -0.4 is 0 Å². The van der Waals surface area contributed by atoms with Gasteiger partial charge in [-0.1, -0.05) is 34.6 Å². The lowest BCUT2D eigenvalue weighted by atomic mass is 9.96. The lowest BCUT2D eigenvalue weighted by molar-refractivity contribution is 0.0669. The molecular weight excluding hydrogens is 240 g/mol. The molecule has 0 saturated heterocycles. The minimum atomic E-state index is -0.133. The van der Waals surface area contributed by atoms with E-state index in [1.54, 1.807) is 0 Å². The quantitative estimate of drug-likeness (QED) is 0.911. The molecule has 19 heavy (non-hydrogen) atoms.